The van der Waals surface area contributed by atoms with Crippen LogP contribution in [0.15, 0.2) is 0 Å². The molecule has 0 aliphatic heterocycles. The molecule has 0 bridgehead atoms. The number of rotatable bonds is 7. The molecule has 0 saturated heterocycles. The van der Waals surface area contributed by atoms with Gasteiger partial charge < -0.3 is 4.74 Å². The normalized spacial score (nSPS) is 14.1. The fourth-order valence-electron chi connectivity index (χ4n) is 1.25. The Morgan fingerprint density at radius 2 is 1.76 bits per heavy atom. The zero-order chi connectivity index (χ0) is 13.6. The van der Waals surface area contributed by atoms with Gasteiger partial charge in [-0.25, -0.2) is 8.42 Å². The smallest absolute Gasteiger partial charge is 0.320 e. The minimum absolute atomic E-state index is 0.0579. The number of carbonyl (C=O) groups is 1. The summed E-state index contributed by atoms with van der Waals surface area (Å²) in [6, 6.07) is 0. The molecule has 102 valence electrons. The summed E-state index contributed by atoms with van der Waals surface area (Å²) >= 11 is 0. The second kappa shape index (κ2) is 7.26. The van der Waals surface area contributed by atoms with Gasteiger partial charge in [-0.15, -0.1) is 0 Å². The summed E-state index contributed by atoms with van der Waals surface area (Å²) in [4.78, 5) is 11.6. The van der Waals surface area contributed by atoms with E-state index in [1.165, 1.54) is 0 Å². The van der Waals surface area contributed by atoms with E-state index in [-0.39, 0.29) is 24.2 Å². The van der Waals surface area contributed by atoms with E-state index in [9.17, 15) is 13.2 Å². The highest BCUT2D eigenvalue weighted by Crippen LogP contribution is 2.28. The fourth-order valence-corrected chi connectivity index (χ4v) is 5.73. The molecule has 0 fully saturated rings. The van der Waals surface area contributed by atoms with Crippen molar-refractivity contribution in [2.24, 2.45) is 11.8 Å². The van der Waals surface area contributed by atoms with Gasteiger partial charge in [-0.05, 0) is 29.6 Å². The standard InChI is InChI=1S/C11H22O4S2/c1-6-15-11(12)10(9(4)5)16-17(13,14)7-8(2)3/h8-10H,6-7H2,1-5H3. The van der Waals surface area contributed by atoms with Crippen LogP contribution < -0.4 is 0 Å². The molecule has 0 N–H and O–H groups in total. The second-order valence-corrected chi connectivity index (χ2v) is 8.88. The summed E-state index contributed by atoms with van der Waals surface area (Å²) in [5.74, 6) is -0.372. The molecule has 0 spiro atoms. The summed E-state index contributed by atoms with van der Waals surface area (Å²) in [7, 11) is -2.54. The Balaban J connectivity index is 4.71. The summed E-state index contributed by atoms with van der Waals surface area (Å²) in [6.45, 7) is 9.30. The van der Waals surface area contributed by atoms with Crippen LogP contribution in [0.5, 0.6) is 0 Å². The number of carbonyl (C=O) groups excluding carboxylic acids is 1. The molecule has 0 aliphatic carbocycles. The van der Waals surface area contributed by atoms with E-state index in [4.69, 9.17) is 4.74 Å². The Labute approximate surface area is 108 Å². The molecule has 0 radical (unpaired) electrons. The quantitative estimate of drug-likeness (QED) is 0.529. The van der Waals surface area contributed by atoms with Crippen molar-refractivity contribution in [3.63, 3.8) is 0 Å². The number of ether oxygens (including phenoxy) is 1. The molecule has 1 unspecified atom stereocenters. The van der Waals surface area contributed by atoms with Crippen molar-refractivity contribution < 1.29 is 17.9 Å². The van der Waals surface area contributed by atoms with Gasteiger partial charge in [-0.1, -0.05) is 27.7 Å². The average Bonchev–Trinajstić information content (AvgIpc) is 2.12. The lowest BCUT2D eigenvalue weighted by Gasteiger charge is -2.18. The number of esters is 1. The maximum atomic E-state index is 11.8. The molecule has 0 aromatic carbocycles. The van der Waals surface area contributed by atoms with Crippen LogP contribution in [0.1, 0.15) is 34.6 Å². The van der Waals surface area contributed by atoms with E-state index in [0.717, 1.165) is 10.8 Å². The van der Waals surface area contributed by atoms with Crippen LogP contribution >= 0.6 is 10.8 Å². The molecule has 0 heterocycles. The molecule has 0 aromatic heterocycles. The highest BCUT2D eigenvalue weighted by Gasteiger charge is 2.30. The average molecular weight is 282 g/mol. The SMILES string of the molecule is CCOC(=O)C(SS(=O)(=O)CC(C)C)C(C)C. The molecule has 0 aromatic rings. The summed E-state index contributed by atoms with van der Waals surface area (Å²) in [5.41, 5.74) is 0. The Morgan fingerprint density at radius 1 is 1.24 bits per heavy atom. The van der Waals surface area contributed by atoms with E-state index in [1.807, 2.05) is 27.7 Å². The van der Waals surface area contributed by atoms with Gasteiger partial charge in [-0.2, -0.15) is 0 Å². The van der Waals surface area contributed by atoms with Crippen LogP contribution in [0.4, 0.5) is 0 Å². The van der Waals surface area contributed by atoms with E-state index < -0.39 is 20.1 Å². The lowest BCUT2D eigenvalue weighted by atomic mass is 10.1. The Hall–Kier alpha value is -0.230. The van der Waals surface area contributed by atoms with Gasteiger partial charge in [0.25, 0.3) is 0 Å². The summed E-state index contributed by atoms with van der Waals surface area (Å²) < 4.78 is 28.5. The lowest BCUT2D eigenvalue weighted by Crippen LogP contribution is -2.28. The maximum absolute atomic E-state index is 11.8. The van der Waals surface area contributed by atoms with Gasteiger partial charge >= 0.3 is 5.97 Å². The first-order chi connectivity index (χ1) is 7.69. The largest absolute Gasteiger partial charge is 0.465 e. The molecule has 17 heavy (non-hydrogen) atoms. The van der Waals surface area contributed by atoms with Crippen molar-refractivity contribution in [1.82, 2.24) is 0 Å². The van der Waals surface area contributed by atoms with Gasteiger partial charge in [0.15, 0.2) is 0 Å². The van der Waals surface area contributed by atoms with Gasteiger partial charge in [0.1, 0.15) is 5.25 Å². The van der Waals surface area contributed by atoms with Crippen LogP contribution in [0.2, 0.25) is 0 Å². The van der Waals surface area contributed by atoms with Gasteiger partial charge in [-0.3, -0.25) is 4.79 Å². The molecule has 1 atom stereocenters. The molecule has 4 nitrogen and oxygen atoms in total. The minimum Gasteiger partial charge on any atom is -0.465 e. The third kappa shape index (κ3) is 6.93. The molecule has 0 aliphatic rings. The Morgan fingerprint density at radius 3 is 2.12 bits per heavy atom. The molecule has 0 rings (SSSR count). The van der Waals surface area contributed by atoms with Crippen LogP contribution in [-0.2, 0) is 18.4 Å². The molecule has 6 heteroatoms. The van der Waals surface area contributed by atoms with Crippen LogP contribution in [0.3, 0.4) is 0 Å². The van der Waals surface area contributed by atoms with Gasteiger partial charge in [0.05, 0.1) is 12.4 Å². The Bertz CT molecular complexity index is 333. The van der Waals surface area contributed by atoms with E-state index in [0.29, 0.717) is 0 Å². The van der Waals surface area contributed by atoms with Crippen molar-refractivity contribution in [2.75, 3.05) is 12.4 Å². The number of hydrogen-bond acceptors (Lipinski definition) is 5. The van der Waals surface area contributed by atoms with Crippen LogP contribution in [0.25, 0.3) is 0 Å². The predicted octanol–water partition coefficient (Wildman–Crippen LogP) is 2.29. The molecular weight excluding hydrogens is 260 g/mol. The van der Waals surface area contributed by atoms with E-state index in [1.54, 1.807) is 6.92 Å². The number of hydrogen-bond donors (Lipinski definition) is 0. The third-order valence-corrected chi connectivity index (χ3v) is 6.13. The molecular formula is C11H22O4S2. The first kappa shape index (κ1) is 16.8. The van der Waals surface area contributed by atoms with Crippen molar-refractivity contribution in [3.05, 3.63) is 0 Å². The maximum Gasteiger partial charge on any atom is 0.320 e. The zero-order valence-electron chi connectivity index (χ0n) is 11.1. The Kier molecular flexibility index (Phi) is 7.16. The van der Waals surface area contributed by atoms with Gasteiger partial charge in [0.2, 0.25) is 8.87 Å². The van der Waals surface area contributed by atoms with Crippen LogP contribution in [-0.4, -0.2) is 32.0 Å². The van der Waals surface area contributed by atoms with Crippen molar-refractivity contribution >= 4 is 25.6 Å². The highest BCUT2D eigenvalue weighted by molar-refractivity contribution is 8.72. The topological polar surface area (TPSA) is 60.4 Å². The highest BCUT2D eigenvalue weighted by atomic mass is 33.1. The van der Waals surface area contributed by atoms with Crippen molar-refractivity contribution in [2.45, 2.75) is 39.9 Å². The fraction of sp³-hybridized carbons (Fsp3) is 0.909. The third-order valence-electron chi connectivity index (χ3n) is 1.91. The van der Waals surface area contributed by atoms with E-state index in [2.05, 4.69) is 0 Å². The monoisotopic (exact) mass is 282 g/mol. The zero-order valence-corrected chi connectivity index (χ0v) is 12.7. The molecule has 0 saturated carbocycles. The van der Waals surface area contributed by atoms with Gasteiger partial charge in [0, 0.05) is 0 Å². The lowest BCUT2D eigenvalue weighted by molar-refractivity contribution is -0.143. The summed E-state index contributed by atoms with van der Waals surface area (Å²) in [5, 5.41) is -0.640. The van der Waals surface area contributed by atoms with Crippen molar-refractivity contribution in [1.29, 1.82) is 0 Å². The molecule has 0 amide bonds. The van der Waals surface area contributed by atoms with Crippen molar-refractivity contribution in [3.8, 4) is 0 Å². The first-order valence-corrected chi connectivity index (χ1v) is 8.82. The summed E-state index contributed by atoms with van der Waals surface area (Å²) in [6.07, 6.45) is 0. The predicted molar refractivity (Wildman–Crippen MR) is 71.5 cm³/mol. The first-order valence-electron chi connectivity index (χ1n) is 5.77. The second-order valence-electron chi connectivity index (χ2n) is 4.63. The van der Waals surface area contributed by atoms with Crippen LogP contribution in [0, 0.1) is 11.8 Å². The minimum atomic E-state index is -3.27. The van der Waals surface area contributed by atoms with E-state index >= 15 is 0 Å².